The van der Waals surface area contributed by atoms with Crippen molar-refractivity contribution in [3.8, 4) is 0 Å². The first-order valence-corrected chi connectivity index (χ1v) is 6.35. The lowest BCUT2D eigenvalue weighted by molar-refractivity contribution is 0.175. The number of unbranched alkanes of at least 4 members (excludes halogenated alkanes) is 2. The highest BCUT2D eigenvalue weighted by Gasteiger charge is 2.14. The maximum atomic E-state index is 2.55. The molecule has 0 aliphatic carbocycles. The van der Waals surface area contributed by atoms with Crippen molar-refractivity contribution >= 4 is 0 Å². The highest BCUT2D eigenvalue weighted by atomic mass is 15.1. The minimum absolute atomic E-state index is 0.752. The lowest BCUT2D eigenvalue weighted by atomic mass is 10.1. The molecule has 1 heteroatoms. The Morgan fingerprint density at radius 2 is 1.21 bits per heavy atom. The van der Waals surface area contributed by atoms with E-state index in [2.05, 4.69) is 39.6 Å². The summed E-state index contributed by atoms with van der Waals surface area (Å²) in [5.74, 6) is 0. The van der Waals surface area contributed by atoms with Crippen molar-refractivity contribution in [2.45, 2.75) is 78.3 Å². The lowest BCUT2D eigenvalue weighted by Crippen LogP contribution is -2.36. The van der Waals surface area contributed by atoms with Gasteiger partial charge in [0.2, 0.25) is 0 Å². The summed E-state index contributed by atoms with van der Waals surface area (Å²) in [4.78, 5) is 2.55. The van der Waals surface area contributed by atoms with E-state index in [-0.39, 0.29) is 0 Å². The van der Waals surface area contributed by atoms with Gasteiger partial charge in [-0.2, -0.15) is 0 Å². The van der Waals surface area contributed by atoms with E-state index in [1.165, 1.54) is 38.5 Å². The van der Waals surface area contributed by atoms with E-state index in [9.17, 15) is 0 Å². The van der Waals surface area contributed by atoms with Crippen LogP contribution in [0, 0.1) is 0 Å². The Kier molecular flexibility index (Phi) is 8.26. The molecular weight excluding hydrogens is 170 g/mol. The van der Waals surface area contributed by atoms with E-state index in [0.29, 0.717) is 0 Å². The molecule has 0 aromatic heterocycles. The maximum absolute atomic E-state index is 2.55. The molecule has 0 unspecified atom stereocenters. The molecule has 0 heterocycles. The molecule has 0 aliphatic heterocycles. The Bertz CT molecular complexity index is 108. The summed E-state index contributed by atoms with van der Waals surface area (Å²) in [6.45, 7) is 9.26. The van der Waals surface area contributed by atoms with Gasteiger partial charge in [0.1, 0.15) is 0 Å². The summed E-state index contributed by atoms with van der Waals surface area (Å²) in [5.41, 5.74) is 0. The minimum Gasteiger partial charge on any atom is -0.301 e. The van der Waals surface area contributed by atoms with Crippen molar-refractivity contribution in [3.63, 3.8) is 0 Å². The Labute approximate surface area is 90.9 Å². The van der Waals surface area contributed by atoms with E-state index in [0.717, 1.165) is 12.1 Å². The predicted octanol–water partition coefficient (Wildman–Crippen LogP) is 4.08. The Balaban J connectivity index is 3.72. The summed E-state index contributed by atoms with van der Waals surface area (Å²) in [6, 6.07) is 1.50. The molecule has 0 amide bonds. The van der Waals surface area contributed by atoms with Gasteiger partial charge in [-0.25, -0.2) is 0 Å². The molecule has 86 valence electrons. The Morgan fingerprint density at radius 3 is 1.50 bits per heavy atom. The molecule has 0 saturated carbocycles. The Morgan fingerprint density at radius 1 is 0.857 bits per heavy atom. The third-order valence-electron chi connectivity index (χ3n) is 3.34. The van der Waals surface area contributed by atoms with Gasteiger partial charge in [-0.05, 0) is 33.7 Å². The van der Waals surface area contributed by atoms with Crippen molar-refractivity contribution in [1.29, 1.82) is 0 Å². The first kappa shape index (κ1) is 14.0. The molecule has 0 aliphatic rings. The van der Waals surface area contributed by atoms with Gasteiger partial charge in [-0.15, -0.1) is 0 Å². The standard InChI is InChI=1S/C13H29N/c1-6-8-10-12(3)14(5)13(4)11-9-7-2/h12-13H,6-11H2,1-5H3/t12-,13+. The van der Waals surface area contributed by atoms with Crippen LogP contribution in [-0.4, -0.2) is 24.0 Å². The van der Waals surface area contributed by atoms with E-state index >= 15 is 0 Å². The topological polar surface area (TPSA) is 3.24 Å². The average molecular weight is 199 g/mol. The second-order valence-corrected chi connectivity index (χ2v) is 4.65. The fraction of sp³-hybridized carbons (Fsp3) is 1.00. The normalized spacial score (nSPS) is 15.9. The van der Waals surface area contributed by atoms with Crippen molar-refractivity contribution < 1.29 is 0 Å². The molecule has 0 radical (unpaired) electrons. The first-order chi connectivity index (χ1) is 6.63. The summed E-state index contributed by atoms with van der Waals surface area (Å²) < 4.78 is 0. The quantitative estimate of drug-likeness (QED) is 0.569. The highest BCUT2D eigenvalue weighted by molar-refractivity contribution is 4.69. The van der Waals surface area contributed by atoms with Crippen LogP contribution in [-0.2, 0) is 0 Å². The van der Waals surface area contributed by atoms with Crippen LogP contribution < -0.4 is 0 Å². The van der Waals surface area contributed by atoms with E-state index in [1.54, 1.807) is 0 Å². The molecular formula is C13H29N. The largest absolute Gasteiger partial charge is 0.301 e. The smallest absolute Gasteiger partial charge is 0.00666 e. The van der Waals surface area contributed by atoms with Gasteiger partial charge in [0.05, 0.1) is 0 Å². The summed E-state index contributed by atoms with van der Waals surface area (Å²) in [6.07, 6.45) is 8.08. The molecule has 0 saturated heterocycles. The second kappa shape index (κ2) is 8.28. The monoisotopic (exact) mass is 199 g/mol. The van der Waals surface area contributed by atoms with Crippen LogP contribution in [0.2, 0.25) is 0 Å². The van der Waals surface area contributed by atoms with Crippen LogP contribution in [0.1, 0.15) is 66.2 Å². The fourth-order valence-corrected chi connectivity index (χ4v) is 1.84. The molecule has 0 bridgehead atoms. The molecule has 0 rings (SSSR count). The van der Waals surface area contributed by atoms with Crippen LogP contribution in [0.15, 0.2) is 0 Å². The van der Waals surface area contributed by atoms with Gasteiger partial charge in [-0.3, -0.25) is 0 Å². The number of hydrogen-bond donors (Lipinski definition) is 0. The van der Waals surface area contributed by atoms with Gasteiger partial charge in [0, 0.05) is 12.1 Å². The van der Waals surface area contributed by atoms with Crippen LogP contribution >= 0.6 is 0 Å². The zero-order chi connectivity index (χ0) is 11.0. The minimum atomic E-state index is 0.752. The average Bonchev–Trinajstić information content (AvgIpc) is 2.21. The third kappa shape index (κ3) is 5.64. The van der Waals surface area contributed by atoms with Crippen molar-refractivity contribution in [1.82, 2.24) is 4.90 Å². The number of nitrogens with zero attached hydrogens (tertiary/aromatic N) is 1. The van der Waals surface area contributed by atoms with Crippen LogP contribution in [0.4, 0.5) is 0 Å². The molecule has 0 fully saturated rings. The fourth-order valence-electron chi connectivity index (χ4n) is 1.84. The molecule has 0 spiro atoms. The molecule has 14 heavy (non-hydrogen) atoms. The summed E-state index contributed by atoms with van der Waals surface area (Å²) >= 11 is 0. The SMILES string of the molecule is CCCC[C@@H](C)N(C)[C@@H](C)CCCC. The second-order valence-electron chi connectivity index (χ2n) is 4.65. The third-order valence-corrected chi connectivity index (χ3v) is 3.34. The summed E-state index contributed by atoms with van der Waals surface area (Å²) in [7, 11) is 2.28. The van der Waals surface area contributed by atoms with Gasteiger partial charge in [0.15, 0.2) is 0 Å². The zero-order valence-electron chi connectivity index (χ0n) is 10.8. The van der Waals surface area contributed by atoms with Crippen molar-refractivity contribution in [2.24, 2.45) is 0 Å². The van der Waals surface area contributed by atoms with Gasteiger partial charge >= 0.3 is 0 Å². The predicted molar refractivity (Wildman–Crippen MR) is 65.7 cm³/mol. The molecule has 0 N–H and O–H groups in total. The molecule has 1 nitrogen and oxygen atoms in total. The van der Waals surface area contributed by atoms with E-state index in [4.69, 9.17) is 0 Å². The molecule has 2 atom stereocenters. The van der Waals surface area contributed by atoms with Crippen LogP contribution in [0.5, 0.6) is 0 Å². The van der Waals surface area contributed by atoms with Gasteiger partial charge in [0.25, 0.3) is 0 Å². The first-order valence-electron chi connectivity index (χ1n) is 6.35. The van der Waals surface area contributed by atoms with Gasteiger partial charge in [-0.1, -0.05) is 39.5 Å². The van der Waals surface area contributed by atoms with Gasteiger partial charge < -0.3 is 4.90 Å². The zero-order valence-corrected chi connectivity index (χ0v) is 10.8. The number of rotatable bonds is 8. The van der Waals surface area contributed by atoms with Crippen molar-refractivity contribution in [3.05, 3.63) is 0 Å². The Hall–Kier alpha value is -0.0400. The number of hydrogen-bond acceptors (Lipinski definition) is 1. The van der Waals surface area contributed by atoms with Crippen LogP contribution in [0.3, 0.4) is 0 Å². The maximum Gasteiger partial charge on any atom is 0.00666 e. The summed E-state index contributed by atoms with van der Waals surface area (Å²) in [5, 5.41) is 0. The molecule has 0 aromatic rings. The van der Waals surface area contributed by atoms with E-state index < -0.39 is 0 Å². The highest BCUT2D eigenvalue weighted by Crippen LogP contribution is 2.13. The van der Waals surface area contributed by atoms with Crippen molar-refractivity contribution in [2.75, 3.05) is 7.05 Å². The molecule has 0 aromatic carbocycles. The van der Waals surface area contributed by atoms with E-state index in [1.807, 2.05) is 0 Å². The lowest BCUT2D eigenvalue weighted by Gasteiger charge is -2.31. The van der Waals surface area contributed by atoms with Crippen LogP contribution in [0.25, 0.3) is 0 Å².